The number of esters is 3. The van der Waals surface area contributed by atoms with E-state index in [0.29, 0.717) is 11.3 Å². The number of fused-ring (bicyclic) bond motifs is 4. The van der Waals surface area contributed by atoms with Crippen molar-refractivity contribution in [1.82, 2.24) is 5.32 Å². The molecule has 0 unspecified atom stereocenters. The Morgan fingerprint density at radius 1 is 0.750 bits per heavy atom. The molecular weight excluding hydrogens is 608 g/mol. The maximum Gasteiger partial charge on any atom is 0.342 e. The molecule has 9 heteroatoms. The molecule has 9 nitrogen and oxygen atoms in total. The van der Waals surface area contributed by atoms with Crippen LogP contribution in [-0.2, 0) is 52.1 Å². The molecule has 0 fully saturated rings. The van der Waals surface area contributed by atoms with Crippen molar-refractivity contribution < 1.29 is 33.4 Å². The van der Waals surface area contributed by atoms with Gasteiger partial charge in [0, 0.05) is 11.1 Å². The van der Waals surface area contributed by atoms with Crippen LogP contribution in [0.25, 0.3) is 21.5 Å². The number of carbonyl (C=O) groups is 4. The first-order valence-corrected chi connectivity index (χ1v) is 15.5. The van der Waals surface area contributed by atoms with Crippen molar-refractivity contribution in [3.8, 4) is 0 Å². The monoisotopic (exact) mass is 640 g/mol. The molecule has 2 aliphatic heterocycles. The Morgan fingerprint density at radius 3 is 1.94 bits per heavy atom. The molecule has 0 saturated carbocycles. The number of anilines is 1. The second kappa shape index (κ2) is 11.8. The number of amides is 1. The minimum atomic E-state index is -2.31. The molecular formula is C39H32N2O7. The molecule has 0 radical (unpaired) electrons. The zero-order valence-electron chi connectivity index (χ0n) is 26.6. The standard InChI is InChI=1S/C39H32N2O7/c1-24-33(34(42)48-23-30-28-17-9-7-15-26(28)21-27-16-8-10-18-29(27)30)39(40-38(24,36(44)46-2)37(45)47-3)31-19-11-12-20-32(31)41(35(39)43)22-25-13-5-4-6-14-25/h4-21,40H,22-23H2,1-3H3/t39-/m1/s1. The number of methoxy groups -OCH3 is 2. The lowest BCUT2D eigenvalue weighted by molar-refractivity contribution is -0.161. The molecule has 2 heterocycles. The van der Waals surface area contributed by atoms with Crippen LogP contribution in [0.15, 0.2) is 120 Å². The minimum absolute atomic E-state index is 0.0429. The first-order chi connectivity index (χ1) is 23.3. The summed E-state index contributed by atoms with van der Waals surface area (Å²) in [7, 11) is 2.26. The van der Waals surface area contributed by atoms with Crippen molar-refractivity contribution in [2.24, 2.45) is 0 Å². The lowest BCUT2D eigenvalue weighted by Crippen LogP contribution is -2.64. The van der Waals surface area contributed by atoms with E-state index in [2.05, 4.69) is 11.4 Å². The molecule has 1 spiro atoms. The highest BCUT2D eigenvalue weighted by atomic mass is 16.6. The highest BCUT2D eigenvalue weighted by molar-refractivity contribution is 6.21. The van der Waals surface area contributed by atoms with Gasteiger partial charge in [0.15, 0.2) is 5.54 Å². The highest BCUT2D eigenvalue weighted by Crippen LogP contribution is 2.53. The molecule has 5 aromatic carbocycles. The van der Waals surface area contributed by atoms with Crippen LogP contribution < -0.4 is 10.2 Å². The van der Waals surface area contributed by atoms with Gasteiger partial charge in [0.05, 0.1) is 32.0 Å². The van der Waals surface area contributed by atoms with Crippen LogP contribution in [-0.4, -0.2) is 43.6 Å². The number of nitrogens with zero attached hydrogens (tertiary/aromatic N) is 1. The Labute approximate surface area is 276 Å². The number of benzene rings is 5. The van der Waals surface area contributed by atoms with E-state index in [-0.39, 0.29) is 24.3 Å². The van der Waals surface area contributed by atoms with E-state index >= 15 is 0 Å². The summed E-state index contributed by atoms with van der Waals surface area (Å²) in [6.07, 6.45) is 0. The van der Waals surface area contributed by atoms with Crippen molar-refractivity contribution in [3.63, 3.8) is 0 Å². The summed E-state index contributed by atoms with van der Waals surface area (Å²) in [6, 6.07) is 34.1. The Balaban J connectivity index is 1.39. The number of ether oxygens (including phenoxy) is 3. The average molecular weight is 641 g/mol. The predicted molar refractivity (Wildman–Crippen MR) is 180 cm³/mol. The molecule has 7 rings (SSSR count). The second-order valence-corrected chi connectivity index (χ2v) is 11.9. The second-order valence-electron chi connectivity index (χ2n) is 11.9. The molecule has 1 atom stereocenters. The van der Waals surface area contributed by atoms with Gasteiger partial charge in [0.1, 0.15) is 6.61 Å². The molecule has 0 aliphatic carbocycles. The summed E-state index contributed by atoms with van der Waals surface area (Å²) in [5.41, 5.74) is -1.97. The first kappa shape index (κ1) is 30.8. The third-order valence-corrected chi connectivity index (χ3v) is 9.45. The number of nitrogens with one attached hydrogen (secondary N) is 1. The van der Waals surface area contributed by atoms with Gasteiger partial charge in [-0.05, 0) is 51.7 Å². The topological polar surface area (TPSA) is 111 Å². The zero-order chi connectivity index (χ0) is 33.6. The minimum Gasteiger partial charge on any atom is -0.467 e. The quantitative estimate of drug-likeness (QED) is 0.108. The lowest BCUT2D eigenvalue weighted by atomic mass is 9.83. The van der Waals surface area contributed by atoms with Crippen LogP contribution in [0.4, 0.5) is 5.69 Å². The molecule has 0 bridgehead atoms. The van der Waals surface area contributed by atoms with Crippen molar-refractivity contribution in [2.75, 3.05) is 19.1 Å². The van der Waals surface area contributed by atoms with E-state index < -0.39 is 34.9 Å². The van der Waals surface area contributed by atoms with Gasteiger partial charge < -0.3 is 19.1 Å². The molecule has 1 N–H and O–H groups in total. The smallest absolute Gasteiger partial charge is 0.342 e. The van der Waals surface area contributed by atoms with E-state index in [1.54, 1.807) is 29.2 Å². The summed E-state index contributed by atoms with van der Waals surface area (Å²) >= 11 is 0. The largest absolute Gasteiger partial charge is 0.467 e. The van der Waals surface area contributed by atoms with Gasteiger partial charge in [-0.3, -0.25) is 10.1 Å². The number of carbonyl (C=O) groups excluding carboxylic acids is 4. The summed E-state index contributed by atoms with van der Waals surface area (Å²) in [4.78, 5) is 58.3. The Morgan fingerprint density at radius 2 is 1.31 bits per heavy atom. The van der Waals surface area contributed by atoms with Crippen LogP contribution in [0.1, 0.15) is 23.6 Å². The van der Waals surface area contributed by atoms with Crippen LogP contribution >= 0.6 is 0 Å². The lowest BCUT2D eigenvalue weighted by Gasteiger charge is -2.31. The Bertz CT molecular complexity index is 2100. The van der Waals surface area contributed by atoms with Gasteiger partial charge in [-0.2, -0.15) is 0 Å². The maximum atomic E-state index is 14.9. The van der Waals surface area contributed by atoms with E-state index in [9.17, 15) is 19.2 Å². The van der Waals surface area contributed by atoms with Crippen LogP contribution in [0.2, 0.25) is 0 Å². The molecule has 240 valence electrons. The van der Waals surface area contributed by atoms with Gasteiger partial charge in [-0.15, -0.1) is 0 Å². The van der Waals surface area contributed by atoms with Gasteiger partial charge in [-0.25, -0.2) is 14.4 Å². The number of hydrogen-bond acceptors (Lipinski definition) is 8. The summed E-state index contributed by atoms with van der Waals surface area (Å²) in [5.74, 6) is -3.47. The Hall–Kier alpha value is -5.80. The number of hydrogen-bond donors (Lipinski definition) is 1. The molecule has 0 saturated heterocycles. The third-order valence-electron chi connectivity index (χ3n) is 9.45. The summed E-state index contributed by atoms with van der Waals surface area (Å²) < 4.78 is 16.3. The fraction of sp³-hybridized carbons (Fsp3) is 0.179. The highest BCUT2D eigenvalue weighted by Gasteiger charge is 2.70. The normalized spacial score (nSPS) is 18.0. The third kappa shape index (κ3) is 4.42. The van der Waals surface area contributed by atoms with E-state index in [4.69, 9.17) is 14.2 Å². The molecule has 0 aromatic heterocycles. The van der Waals surface area contributed by atoms with Crippen LogP contribution in [0.3, 0.4) is 0 Å². The summed E-state index contributed by atoms with van der Waals surface area (Å²) in [5, 5.41) is 6.79. The van der Waals surface area contributed by atoms with Crippen LogP contribution in [0.5, 0.6) is 0 Å². The first-order valence-electron chi connectivity index (χ1n) is 15.5. The average Bonchev–Trinajstić information content (AvgIpc) is 3.53. The number of rotatable bonds is 7. The van der Waals surface area contributed by atoms with Gasteiger partial charge >= 0.3 is 17.9 Å². The molecule has 48 heavy (non-hydrogen) atoms. The SMILES string of the molecule is COC(=O)C1(C(=O)OC)N[C@@]2(C(=O)N(Cc3ccccc3)c3ccccc32)C(C(=O)OCc2c3ccccc3cc3ccccc23)=C1C. The van der Waals surface area contributed by atoms with E-state index in [0.717, 1.165) is 46.9 Å². The fourth-order valence-corrected chi connectivity index (χ4v) is 7.22. The van der Waals surface area contributed by atoms with E-state index in [1.165, 1.54) is 6.92 Å². The Kier molecular flexibility index (Phi) is 7.56. The van der Waals surface area contributed by atoms with Crippen molar-refractivity contribution in [1.29, 1.82) is 0 Å². The fourth-order valence-electron chi connectivity index (χ4n) is 7.22. The number of para-hydroxylation sites is 1. The van der Waals surface area contributed by atoms with Gasteiger partial charge in [0.25, 0.3) is 5.91 Å². The van der Waals surface area contributed by atoms with Crippen molar-refractivity contribution in [2.45, 2.75) is 31.2 Å². The maximum absolute atomic E-state index is 14.9. The van der Waals surface area contributed by atoms with Crippen molar-refractivity contribution in [3.05, 3.63) is 137 Å². The molecule has 5 aromatic rings. The predicted octanol–water partition coefficient (Wildman–Crippen LogP) is 5.48. The van der Waals surface area contributed by atoms with E-state index in [1.807, 2.05) is 78.9 Å². The van der Waals surface area contributed by atoms with Crippen molar-refractivity contribution >= 4 is 51.0 Å². The van der Waals surface area contributed by atoms with Gasteiger partial charge in [0.2, 0.25) is 5.54 Å². The zero-order valence-corrected chi connectivity index (χ0v) is 26.6. The molecule has 1 amide bonds. The van der Waals surface area contributed by atoms with Gasteiger partial charge in [-0.1, -0.05) is 97.1 Å². The molecule has 2 aliphatic rings. The van der Waals surface area contributed by atoms with Crippen LogP contribution in [0, 0.1) is 0 Å². The summed E-state index contributed by atoms with van der Waals surface area (Å²) in [6.45, 7) is 1.49.